The molecule has 7 heteroatoms. The smallest absolute Gasteiger partial charge is 0.245 e. The molecule has 2 rings (SSSR count). The van der Waals surface area contributed by atoms with Crippen LogP contribution in [0.2, 0.25) is 5.02 Å². The molecule has 0 spiro atoms. The second-order valence-electron chi connectivity index (χ2n) is 7.13. The number of rotatable bonds is 5. The summed E-state index contributed by atoms with van der Waals surface area (Å²) in [5, 5.41) is 3.13. The molecule has 2 aromatic carbocycles. The van der Waals surface area contributed by atoms with Crippen molar-refractivity contribution in [3.05, 3.63) is 59.1 Å². The summed E-state index contributed by atoms with van der Waals surface area (Å²) in [6, 6.07) is 13.9. The van der Waals surface area contributed by atoms with Gasteiger partial charge < -0.3 is 5.32 Å². The summed E-state index contributed by atoms with van der Waals surface area (Å²) in [5.74, 6) is -0.432. The largest absolute Gasteiger partial charge is 0.325 e. The molecule has 140 valence electrons. The molecule has 0 saturated heterocycles. The first-order chi connectivity index (χ1) is 12.0. The van der Waals surface area contributed by atoms with Crippen molar-refractivity contribution in [2.24, 2.45) is 0 Å². The lowest BCUT2D eigenvalue weighted by atomic mass is 9.87. The van der Waals surface area contributed by atoms with Crippen molar-refractivity contribution in [3.8, 4) is 0 Å². The molecule has 1 amide bonds. The van der Waals surface area contributed by atoms with Crippen molar-refractivity contribution < 1.29 is 13.2 Å². The van der Waals surface area contributed by atoms with Gasteiger partial charge >= 0.3 is 0 Å². The fraction of sp³-hybridized carbons (Fsp3) is 0.316. The van der Waals surface area contributed by atoms with Crippen LogP contribution in [0, 0.1) is 0 Å². The normalized spacial score (nSPS) is 11.9. The van der Waals surface area contributed by atoms with Gasteiger partial charge in [0.05, 0.1) is 11.9 Å². The molecule has 0 unspecified atom stereocenters. The number of sulfonamides is 1. The monoisotopic (exact) mass is 394 g/mol. The molecule has 0 heterocycles. The predicted octanol–water partition coefficient (Wildman–Crippen LogP) is 4.04. The average molecular weight is 395 g/mol. The Hall–Kier alpha value is -2.05. The van der Waals surface area contributed by atoms with E-state index in [1.165, 1.54) is 6.07 Å². The second kappa shape index (κ2) is 7.68. The van der Waals surface area contributed by atoms with Crippen molar-refractivity contribution in [2.75, 3.05) is 22.4 Å². The molecular formula is C19H23ClN2O3S. The molecule has 0 bridgehead atoms. The summed E-state index contributed by atoms with van der Waals surface area (Å²) in [5.41, 5.74) is 2.12. The Morgan fingerprint density at radius 2 is 1.73 bits per heavy atom. The van der Waals surface area contributed by atoms with Crippen LogP contribution >= 0.6 is 11.6 Å². The Bertz CT molecular complexity index is 888. The van der Waals surface area contributed by atoms with Crippen molar-refractivity contribution in [3.63, 3.8) is 0 Å². The maximum Gasteiger partial charge on any atom is 0.245 e. The first-order valence-electron chi connectivity index (χ1n) is 8.10. The average Bonchev–Trinajstić information content (AvgIpc) is 2.51. The molecule has 1 N–H and O–H groups in total. The molecule has 0 saturated carbocycles. The van der Waals surface area contributed by atoms with Crippen molar-refractivity contribution >= 4 is 38.9 Å². The molecule has 2 aromatic rings. The summed E-state index contributed by atoms with van der Waals surface area (Å²) in [6.45, 7) is 5.99. The number of carbonyl (C=O) groups is 1. The number of hydrogen-bond acceptors (Lipinski definition) is 3. The minimum atomic E-state index is -3.63. The molecule has 0 fully saturated rings. The molecular weight excluding hydrogens is 372 g/mol. The number of nitrogens with zero attached hydrogens (tertiary/aromatic N) is 1. The number of benzene rings is 2. The Balaban J connectivity index is 2.15. The predicted molar refractivity (Wildman–Crippen MR) is 107 cm³/mol. The molecule has 0 aliphatic rings. The van der Waals surface area contributed by atoms with Crippen LogP contribution in [0.1, 0.15) is 26.3 Å². The summed E-state index contributed by atoms with van der Waals surface area (Å²) >= 11 is 5.93. The van der Waals surface area contributed by atoms with Crippen LogP contribution in [0.5, 0.6) is 0 Å². The van der Waals surface area contributed by atoms with Crippen LogP contribution in [-0.2, 0) is 20.2 Å². The third-order valence-corrected chi connectivity index (χ3v) is 5.19. The number of nitrogens with one attached hydrogen (secondary N) is 1. The van der Waals surface area contributed by atoms with Gasteiger partial charge in [0.25, 0.3) is 0 Å². The Labute approximate surface area is 160 Å². The Morgan fingerprint density at radius 1 is 1.12 bits per heavy atom. The van der Waals surface area contributed by atoms with E-state index in [-0.39, 0.29) is 12.0 Å². The zero-order valence-electron chi connectivity index (χ0n) is 15.3. The summed E-state index contributed by atoms with van der Waals surface area (Å²) < 4.78 is 25.2. The van der Waals surface area contributed by atoms with E-state index in [1.807, 2.05) is 24.3 Å². The van der Waals surface area contributed by atoms with Crippen LogP contribution < -0.4 is 9.62 Å². The SMILES string of the molecule is CC(C)(C)c1ccc(NC(=O)CN(c2cccc(Cl)c2)S(C)(=O)=O)cc1. The molecule has 0 aliphatic heterocycles. The van der Waals surface area contributed by atoms with Gasteiger partial charge in [0, 0.05) is 10.7 Å². The van der Waals surface area contributed by atoms with E-state index in [4.69, 9.17) is 11.6 Å². The van der Waals surface area contributed by atoms with Gasteiger partial charge in [0.2, 0.25) is 15.9 Å². The maximum atomic E-state index is 12.4. The highest BCUT2D eigenvalue weighted by Crippen LogP contribution is 2.24. The summed E-state index contributed by atoms with van der Waals surface area (Å²) in [7, 11) is -3.63. The number of carbonyl (C=O) groups excluding carboxylic acids is 1. The van der Waals surface area contributed by atoms with Crippen molar-refractivity contribution in [1.29, 1.82) is 0 Å². The minimum absolute atomic E-state index is 0.0161. The number of amides is 1. The van der Waals surface area contributed by atoms with E-state index < -0.39 is 15.9 Å². The van der Waals surface area contributed by atoms with Crippen LogP contribution in [0.25, 0.3) is 0 Å². The van der Waals surface area contributed by atoms with E-state index in [9.17, 15) is 13.2 Å². The zero-order valence-corrected chi connectivity index (χ0v) is 16.9. The summed E-state index contributed by atoms with van der Waals surface area (Å²) in [6.07, 6.45) is 1.05. The van der Waals surface area contributed by atoms with E-state index in [1.54, 1.807) is 18.2 Å². The standard InChI is InChI=1S/C19H23ClN2O3S/c1-19(2,3)14-8-10-16(11-9-14)21-18(23)13-22(26(4,24)25)17-7-5-6-15(20)12-17/h5-12H,13H2,1-4H3,(H,21,23). The fourth-order valence-electron chi connectivity index (χ4n) is 2.42. The van der Waals surface area contributed by atoms with E-state index in [2.05, 4.69) is 26.1 Å². The highest BCUT2D eigenvalue weighted by Gasteiger charge is 2.21. The van der Waals surface area contributed by atoms with E-state index >= 15 is 0 Å². The van der Waals surface area contributed by atoms with Gasteiger partial charge in [-0.2, -0.15) is 0 Å². The van der Waals surface area contributed by atoms with Gasteiger partial charge in [-0.3, -0.25) is 9.10 Å². The molecule has 5 nitrogen and oxygen atoms in total. The number of hydrogen-bond donors (Lipinski definition) is 1. The van der Waals surface area contributed by atoms with E-state index in [0.29, 0.717) is 16.4 Å². The molecule has 0 atom stereocenters. The van der Waals surface area contributed by atoms with Crippen molar-refractivity contribution in [1.82, 2.24) is 0 Å². The minimum Gasteiger partial charge on any atom is -0.325 e. The lowest BCUT2D eigenvalue weighted by Crippen LogP contribution is -2.37. The quantitative estimate of drug-likeness (QED) is 0.832. The molecule has 0 radical (unpaired) electrons. The number of anilines is 2. The van der Waals surface area contributed by atoms with Crippen LogP contribution in [0.3, 0.4) is 0 Å². The van der Waals surface area contributed by atoms with Gasteiger partial charge in [-0.05, 0) is 41.3 Å². The Morgan fingerprint density at radius 3 is 2.23 bits per heavy atom. The van der Waals surface area contributed by atoms with Gasteiger partial charge in [-0.25, -0.2) is 8.42 Å². The zero-order chi connectivity index (χ0) is 19.5. The van der Waals surface area contributed by atoms with Gasteiger partial charge in [-0.1, -0.05) is 50.6 Å². The maximum absolute atomic E-state index is 12.4. The Kier molecular flexibility index (Phi) is 5.98. The van der Waals surface area contributed by atoms with E-state index in [0.717, 1.165) is 16.1 Å². The first kappa shape index (κ1) is 20.3. The first-order valence-corrected chi connectivity index (χ1v) is 10.3. The highest BCUT2D eigenvalue weighted by molar-refractivity contribution is 7.92. The van der Waals surface area contributed by atoms with Crippen LogP contribution in [0.4, 0.5) is 11.4 Å². The molecule has 26 heavy (non-hydrogen) atoms. The lowest BCUT2D eigenvalue weighted by Gasteiger charge is -2.22. The van der Waals surface area contributed by atoms with Crippen LogP contribution in [0.15, 0.2) is 48.5 Å². The molecule has 0 aliphatic carbocycles. The topological polar surface area (TPSA) is 66.5 Å². The van der Waals surface area contributed by atoms with Gasteiger partial charge in [-0.15, -0.1) is 0 Å². The number of halogens is 1. The molecule has 0 aromatic heterocycles. The van der Waals surface area contributed by atoms with Crippen molar-refractivity contribution in [2.45, 2.75) is 26.2 Å². The highest BCUT2D eigenvalue weighted by atomic mass is 35.5. The van der Waals surface area contributed by atoms with Gasteiger partial charge in [0.1, 0.15) is 6.54 Å². The summed E-state index contributed by atoms with van der Waals surface area (Å²) in [4.78, 5) is 12.4. The second-order valence-corrected chi connectivity index (χ2v) is 9.47. The third-order valence-electron chi connectivity index (χ3n) is 3.82. The van der Waals surface area contributed by atoms with Crippen LogP contribution in [-0.4, -0.2) is 27.1 Å². The lowest BCUT2D eigenvalue weighted by molar-refractivity contribution is -0.114. The third kappa shape index (κ3) is 5.47. The van der Waals surface area contributed by atoms with Gasteiger partial charge in [0.15, 0.2) is 0 Å². The fourth-order valence-corrected chi connectivity index (χ4v) is 3.45.